The van der Waals surface area contributed by atoms with E-state index in [0.29, 0.717) is 6.42 Å². The minimum absolute atomic E-state index is 0.0422. The van der Waals surface area contributed by atoms with Gasteiger partial charge in [0.2, 0.25) is 0 Å². The van der Waals surface area contributed by atoms with Crippen LogP contribution >= 0.6 is 0 Å². The van der Waals surface area contributed by atoms with E-state index in [4.69, 9.17) is 0 Å². The molecule has 0 aromatic heterocycles. The standard InChI is InChI=1S/C4H8O4S2/c1-9(5)3-2-4-10(6,7)8-9/h1-4H2. The summed E-state index contributed by atoms with van der Waals surface area (Å²) in [5.41, 5.74) is 0. The lowest BCUT2D eigenvalue weighted by Gasteiger charge is -2.14. The Labute approximate surface area is 60.5 Å². The van der Waals surface area contributed by atoms with Gasteiger partial charge in [-0.15, -0.1) is 0 Å². The van der Waals surface area contributed by atoms with Crippen molar-refractivity contribution in [2.45, 2.75) is 6.42 Å². The van der Waals surface area contributed by atoms with E-state index in [1.54, 1.807) is 0 Å². The van der Waals surface area contributed by atoms with Crippen molar-refractivity contribution >= 4 is 25.8 Å². The van der Waals surface area contributed by atoms with Crippen LogP contribution in [0.4, 0.5) is 0 Å². The van der Waals surface area contributed by atoms with Crippen LogP contribution in [0.2, 0.25) is 0 Å². The molecule has 10 heavy (non-hydrogen) atoms. The molecule has 0 bridgehead atoms. The lowest BCUT2D eigenvalue weighted by atomic mass is 10.6. The fourth-order valence-corrected chi connectivity index (χ4v) is 4.03. The highest BCUT2D eigenvalue weighted by molar-refractivity contribution is 8.05. The molecule has 1 atom stereocenters. The van der Waals surface area contributed by atoms with Gasteiger partial charge in [0, 0.05) is 5.75 Å². The van der Waals surface area contributed by atoms with E-state index in [0.717, 1.165) is 0 Å². The summed E-state index contributed by atoms with van der Waals surface area (Å²) in [4.78, 5) is 0. The van der Waals surface area contributed by atoms with Crippen LogP contribution in [0.25, 0.3) is 0 Å². The summed E-state index contributed by atoms with van der Waals surface area (Å²) in [5, 5.41) is 0. The molecule has 0 amide bonds. The second-order valence-electron chi connectivity index (χ2n) is 2.13. The second-order valence-corrected chi connectivity index (χ2v) is 6.09. The van der Waals surface area contributed by atoms with Gasteiger partial charge >= 0.3 is 0 Å². The average Bonchev–Trinajstić information content (AvgIpc) is 1.56. The molecule has 0 aromatic rings. The predicted molar refractivity (Wildman–Crippen MR) is 39.6 cm³/mol. The molecule has 4 nitrogen and oxygen atoms in total. The Morgan fingerprint density at radius 1 is 1.20 bits per heavy atom. The van der Waals surface area contributed by atoms with Crippen molar-refractivity contribution in [3.05, 3.63) is 0 Å². The molecule has 1 rings (SSSR count). The highest BCUT2D eigenvalue weighted by Gasteiger charge is 2.23. The van der Waals surface area contributed by atoms with E-state index in [9.17, 15) is 12.6 Å². The summed E-state index contributed by atoms with van der Waals surface area (Å²) in [7, 11) is -6.31. The van der Waals surface area contributed by atoms with Gasteiger partial charge in [-0.25, -0.2) is 4.21 Å². The Hall–Kier alpha value is -0.0700. The van der Waals surface area contributed by atoms with Crippen molar-refractivity contribution in [1.29, 1.82) is 0 Å². The highest BCUT2D eigenvalue weighted by atomic mass is 32.3. The Morgan fingerprint density at radius 2 is 1.80 bits per heavy atom. The van der Waals surface area contributed by atoms with Gasteiger partial charge in [0.15, 0.2) is 0 Å². The van der Waals surface area contributed by atoms with Gasteiger partial charge in [-0.2, -0.15) is 12.0 Å². The molecular weight excluding hydrogens is 176 g/mol. The van der Waals surface area contributed by atoms with Crippen LogP contribution in [-0.2, 0) is 23.6 Å². The summed E-state index contributed by atoms with van der Waals surface area (Å²) in [6.45, 7) is 0. The number of rotatable bonds is 0. The highest BCUT2D eigenvalue weighted by Crippen LogP contribution is 2.11. The molecule has 0 N–H and O–H groups in total. The molecule has 0 aromatic carbocycles. The van der Waals surface area contributed by atoms with E-state index < -0.39 is 19.9 Å². The number of hydrogen-bond donors (Lipinski definition) is 0. The van der Waals surface area contributed by atoms with Crippen molar-refractivity contribution in [2.75, 3.05) is 11.5 Å². The zero-order chi connectivity index (χ0) is 7.83. The van der Waals surface area contributed by atoms with Crippen molar-refractivity contribution in [1.82, 2.24) is 0 Å². The third-order valence-electron chi connectivity index (χ3n) is 1.08. The molecule has 6 heteroatoms. The first-order chi connectivity index (χ1) is 4.41. The zero-order valence-corrected chi connectivity index (χ0v) is 6.91. The molecule has 1 fully saturated rings. The van der Waals surface area contributed by atoms with Crippen molar-refractivity contribution < 1.29 is 16.3 Å². The molecule has 1 unspecified atom stereocenters. The topological polar surface area (TPSA) is 60.4 Å². The first kappa shape index (κ1) is 8.03. The molecule has 1 aliphatic rings. The Bertz CT molecular complexity index is 277. The van der Waals surface area contributed by atoms with Crippen LogP contribution in [0.3, 0.4) is 0 Å². The summed E-state index contributed by atoms with van der Waals surface area (Å²) < 4.78 is 36.4. The van der Waals surface area contributed by atoms with Crippen LogP contribution < -0.4 is 0 Å². The molecule has 0 saturated carbocycles. The zero-order valence-electron chi connectivity index (χ0n) is 5.28. The molecule has 60 valence electrons. The molecule has 1 heterocycles. The van der Waals surface area contributed by atoms with E-state index >= 15 is 0 Å². The summed E-state index contributed by atoms with van der Waals surface area (Å²) in [5.74, 6) is 3.35. The maximum atomic E-state index is 10.9. The monoisotopic (exact) mass is 184 g/mol. The predicted octanol–water partition coefficient (Wildman–Crippen LogP) is -0.632. The fraction of sp³-hybridized carbons (Fsp3) is 0.750. The van der Waals surface area contributed by atoms with Crippen molar-refractivity contribution in [2.24, 2.45) is 0 Å². The van der Waals surface area contributed by atoms with Crippen LogP contribution in [-0.4, -0.2) is 30.0 Å². The summed E-state index contributed by atoms with van der Waals surface area (Å²) in [6.07, 6.45) is 0.380. The average molecular weight is 184 g/mol. The molecule has 0 radical (unpaired) electrons. The van der Waals surface area contributed by atoms with Crippen molar-refractivity contribution in [3.63, 3.8) is 0 Å². The van der Waals surface area contributed by atoms with Crippen LogP contribution in [0.5, 0.6) is 0 Å². The van der Waals surface area contributed by atoms with E-state index in [2.05, 4.69) is 9.50 Å². The molecular formula is C4H8O4S2. The summed E-state index contributed by atoms with van der Waals surface area (Å²) in [6, 6.07) is 0. The molecule has 1 saturated heterocycles. The SMILES string of the molecule is C=S1(=O)CCCS(=O)(=O)O1. The Balaban J connectivity index is 2.97. The van der Waals surface area contributed by atoms with Crippen LogP contribution in [0.15, 0.2) is 0 Å². The lowest BCUT2D eigenvalue weighted by Crippen LogP contribution is -2.25. The molecule has 0 spiro atoms. The maximum Gasteiger partial charge on any atom is 0.279 e. The Morgan fingerprint density at radius 3 is 2.10 bits per heavy atom. The first-order valence-electron chi connectivity index (χ1n) is 2.70. The lowest BCUT2D eigenvalue weighted by molar-refractivity contribution is 0.486. The summed E-state index contributed by atoms with van der Waals surface area (Å²) >= 11 is 0. The number of hydrogen-bond acceptors (Lipinski definition) is 4. The smallest absolute Gasteiger partial charge is 0.240 e. The normalized spacial score (nSPS) is 39.2. The van der Waals surface area contributed by atoms with Gasteiger partial charge in [-0.1, -0.05) is 0 Å². The van der Waals surface area contributed by atoms with Gasteiger partial charge in [-0.3, -0.25) is 0 Å². The third-order valence-corrected chi connectivity index (χ3v) is 4.60. The first-order valence-corrected chi connectivity index (χ1v) is 6.10. The Kier molecular flexibility index (Phi) is 1.78. The van der Waals surface area contributed by atoms with Gasteiger partial charge < -0.3 is 0 Å². The minimum Gasteiger partial charge on any atom is -0.240 e. The van der Waals surface area contributed by atoms with E-state index in [1.807, 2.05) is 0 Å². The largest absolute Gasteiger partial charge is 0.279 e. The maximum absolute atomic E-state index is 10.9. The second kappa shape index (κ2) is 2.21. The molecule has 0 aliphatic carbocycles. The van der Waals surface area contributed by atoms with Gasteiger partial charge in [0.05, 0.1) is 15.6 Å². The minimum atomic E-state index is -3.53. The van der Waals surface area contributed by atoms with Gasteiger partial charge in [0.1, 0.15) is 0 Å². The van der Waals surface area contributed by atoms with E-state index in [-0.39, 0.29) is 11.5 Å². The van der Waals surface area contributed by atoms with Crippen LogP contribution in [0.1, 0.15) is 6.42 Å². The third kappa shape index (κ3) is 1.96. The fourth-order valence-electron chi connectivity index (χ4n) is 0.713. The molecule has 1 aliphatic heterocycles. The quantitative estimate of drug-likeness (QED) is 0.470. The van der Waals surface area contributed by atoms with Crippen LogP contribution in [0, 0.1) is 0 Å². The van der Waals surface area contributed by atoms with Crippen molar-refractivity contribution in [3.8, 4) is 0 Å². The van der Waals surface area contributed by atoms with E-state index in [1.165, 1.54) is 0 Å². The van der Waals surface area contributed by atoms with Gasteiger partial charge in [-0.05, 0) is 12.3 Å². The van der Waals surface area contributed by atoms with Gasteiger partial charge in [0.25, 0.3) is 10.1 Å².